The third-order valence-electron chi connectivity index (χ3n) is 13.1. The summed E-state index contributed by atoms with van der Waals surface area (Å²) in [4.78, 5) is 15.9. The van der Waals surface area contributed by atoms with E-state index in [0.717, 1.165) is 65.8 Å². The molecule has 3 aliphatic carbocycles. The molecule has 5 aromatic carbocycles. The van der Waals surface area contributed by atoms with Crippen molar-refractivity contribution < 1.29 is 0 Å². The second-order valence-electron chi connectivity index (χ2n) is 16.8. The van der Waals surface area contributed by atoms with E-state index in [1.807, 2.05) is 0 Å². The second-order valence-corrected chi connectivity index (χ2v) is 16.8. The number of rotatable bonds is 8. The Morgan fingerprint density at radius 2 is 1.25 bits per heavy atom. The van der Waals surface area contributed by atoms with Crippen LogP contribution in [0.3, 0.4) is 0 Å². The van der Waals surface area contributed by atoms with Gasteiger partial charge in [0.05, 0.1) is 11.7 Å². The standard InChI is InChI=1S/C56H47N5/c1-5-18-38(19-6-1)42-26-15-29-45(34-42)54-58-55(46-30-16-27-43(35-46)39-20-7-2-8-21-39)60-56(59-54)47-31-17-28-44(36-47)51-48-32-13-14-33-49(48)53-50(40-22-9-3-10-23-40)37-57-61(53)52(51)41-24-11-4-12-25-41/h1-12,14-15,17-26,28-31,33-35,37,44,48-50,53H,13,16,27,32,36H2. The summed E-state index contributed by atoms with van der Waals surface area (Å²) in [5.74, 6) is 3.20. The molecule has 11 rings (SSSR count). The van der Waals surface area contributed by atoms with E-state index in [9.17, 15) is 0 Å². The van der Waals surface area contributed by atoms with Gasteiger partial charge in [0.1, 0.15) is 0 Å². The van der Waals surface area contributed by atoms with Crippen LogP contribution in [0.15, 0.2) is 199 Å². The summed E-state index contributed by atoms with van der Waals surface area (Å²) >= 11 is 0. The first kappa shape index (κ1) is 37.1. The van der Waals surface area contributed by atoms with E-state index in [1.165, 1.54) is 33.5 Å². The maximum atomic E-state index is 5.35. The molecule has 5 unspecified atom stereocenters. The first-order valence-corrected chi connectivity index (χ1v) is 21.9. The lowest BCUT2D eigenvalue weighted by Gasteiger charge is -2.48. The molecule has 0 fully saturated rings. The number of aromatic nitrogens is 3. The monoisotopic (exact) mass is 789 g/mol. The van der Waals surface area contributed by atoms with Crippen molar-refractivity contribution in [2.75, 3.05) is 0 Å². The van der Waals surface area contributed by atoms with Gasteiger partial charge in [-0.05, 0) is 94.7 Å². The Morgan fingerprint density at radius 3 is 2.03 bits per heavy atom. The number of benzene rings is 5. The number of hydrazone groups is 1. The molecule has 0 radical (unpaired) electrons. The predicted molar refractivity (Wildman–Crippen MR) is 250 cm³/mol. The Labute approximate surface area is 358 Å². The van der Waals surface area contributed by atoms with Crippen molar-refractivity contribution in [2.24, 2.45) is 22.9 Å². The lowest BCUT2D eigenvalue weighted by molar-refractivity contribution is 0.180. The van der Waals surface area contributed by atoms with E-state index in [-0.39, 0.29) is 17.9 Å². The van der Waals surface area contributed by atoms with Gasteiger partial charge >= 0.3 is 0 Å². The third kappa shape index (κ3) is 7.14. The molecule has 3 heterocycles. The van der Waals surface area contributed by atoms with Crippen molar-refractivity contribution in [3.05, 3.63) is 222 Å². The van der Waals surface area contributed by atoms with E-state index in [0.29, 0.717) is 23.5 Å². The first-order valence-electron chi connectivity index (χ1n) is 21.9. The average molecular weight is 790 g/mol. The molecule has 1 aromatic heterocycles. The van der Waals surface area contributed by atoms with Crippen molar-refractivity contribution in [3.8, 4) is 22.5 Å². The van der Waals surface area contributed by atoms with Gasteiger partial charge in [-0.1, -0.05) is 176 Å². The van der Waals surface area contributed by atoms with Crippen LogP contribution >= 0.6 is 0 Å². The molecular weight excluding hydrogens is 743 g/mol. The summed E-state index contributed by atoms with van der Waals surface area (Å²) in [5.41, 5.74) is 13.3. The van der Waals surface area contributed by atoms with Crippen molar-refractivity contribution in [1.29, 1.82) is 0 Å². The zero-order valence-electron chi connectivity index (χ0n) is 34.1. The summed E-state index contributed by atoms with van der Waals surface area (Å²) in [7, 11) is 0. The largest absolute Gasteiger partial charge is 0.261 e. The highest BCUT2D eigenvalue weighted by atomic mass is 15.5. The topological polar surface area (TPSA) is 54.3 Å². The molecule has 2 aliphatic heterocycles. The summed E-state index contributed by atoms with van der Waals surface area (Å²) < 4.78 is 0. The Balaban J connectivity index is 1.02. The molecule has 6 aromatic rings. The van der Waals surface area contributed by atoms with E-state index in [4.69, 9.17) is 20.1 Å². The zero-order chi connectivity index (χ0) is 40.5. The maximum absolute atomic E-state index is 5.35. The lowest BCUT2D eigenvalue weighted by Crippen LogP contribution is -2.46. The maximum Gasteiger partial charge on any atom is 0.164 e. The molecule has 61 heavy (non-hydrogen) atoms. The van der Waals surface area contributed by atoms with Crippen LogP contribution in [0, 0.1) is 17.8 Å². The minimum Gasteiger partial charge on any atom is -0.261 e. The van der Waals surface area contributed by atoms with E-state index in [2.05, 4.69) is 199 Å². The highest BCUT2D eigenvalue weighted by Crippen LogP contribution is 2.54. The molecule has 296 valence electrons. The minimum absolute atomic E-state index is 0.143. The average Bonchev–Trinajstić information content (AvgIpc) is 3.80. The molecule has 5 nitrogen and oxygen atoms in total. The lowest BCUT2D eigenvalue weighted by atomic mass is 9.64. The van der Waals surface area contributed by atoms with Crippen LogP contribution in [0.4, 0.5) is 0 Å². The predicted octanol–water partition coefficient (Wildman–Crippen LogP) is 12.9. The normalized spacial score (nSPS) is 22.9. The molecule has 5 atom stereocenters. The Morgan fingerprint density at radius 1 is 0.574 bits per heavy atom. The van der Waals surface area contributed by atoms with Crippen LogP contribution in [0.25, 0.3) is 44.9 Å². The van der Waals surface area contributed by atoms with E-state index >= 15 is 0 Å². The number of allylic oxidation sites excluding steroid dienone is 10. The highest BCUT2D eigenvalue weighted by molar-refractivity contribution is 5.85. The molecule has 5 heteroatoms. The molecule has 0 saturated carbocycles. The molecule has 0 spiro atoms. The van der Waals surface area contributed by atoms with Gasteiger partial charge in [-0.15, -0.1) is 0 Å². The molecular formula is C56H47N5. The van der Waals surface area contributed by atoms with Crippen LogP contribution in [0.5, 0.6) is 0 Å². The fraction of sp³-hybridized carbons (Fsp3) is 0.179. The summed E-state index contributed by atoms with van der Waals surface area (Å²) in [6.07, 6.45) is 23.5. The first-order chi connectivity index (χ1) is 30.2. The summed E-state index contributed by atoms with van der Waals surface area (Å²) in [6, 6.07) is 52.0. The van der Waals surface area contributed by atoms with Gasteiger partial charge in [-0.2, -0.15) is 5.10 Å². The van der Waals surface area contributed by atoms with Gasteiger partial charge in [0.15, 0.2) is 17.5 Å². The summed E-state index contributed by atoms with van der Waals surface area (Å²) in [5, 5.41) is 7.67. The SMILES string of the molecule is C1=CC(C2=C(c3ccccc3)N3N=CC(c4ccccc4)C3C3C=CCCC23)CC(c2nc(C3=CCCC(c4ccccc4)=C3)nc(-c3cccc(-c4ccccc4)c3)n2)=C1. The van der Waals surface area contributed by atoms with Crippen molar-refractivity contribution in [3.63, 3.8) is 0 Å². The van der Waals surface area contributed by atoms with Crippen LogP contribution in [0.1, 0.15) is 66.4 Å². The smallest absolute Gasteiger partial charge is 0.164 e. The second kappa shape index (κ2) is 16.2. The third-order valence-corrected chi connectivity index (χ3v) is 13.1. The van der Waals surface area contributed by atoms with Crippen LogP contribution in [-0.4, -0.2) is 32.2 Å². The van der Waals surface area contributed by atoms with Gasteiger partial charge in [0.2, 0.25) is 0 Å². The number of hydrogen-bond acceptors (Lipinski definition) is 5. The number of nitrogens with zero attached hydrogens (tertiary/aromatic N) is 5. The van der Waals surface area contributed by atoms with Gasteiger partial charge in [0.25, 0.3) is 0 Å². The van der Waals surface area contributed by atoms with Crippen LogP contribution in [-0.2, 0) is 0 Å². The van der Waals surface area contributed by atoms with Crippen molar-refractivity contribution >= 4 is 28.6 Å². The van der Waals surface area contributed by atoms with E-state index < -0.39 is 0 Å². The van der Waals surface area contributed by atoms with Crippen LogP contribution < -0.4 is 0 Å². The number of fused-ring (bicyclic) bond motifs is 3. The quantitative estimate of drug-likeness (QED) is 0.144. The van der Waals surface area contributed by atoms with Gasteiger partial charge in [-0.25, -0.2) is 15.0 Å². The molecule has 0 saturated heterocycles. The summed E-state index contributed by atoms with van der Waals surface area (Å²) in [6.45, 7) is 0. The van der Waals surface area contributed by atoms with Gasteiger partial charge < -0.3 is 0 Å². The Kier molecular flexibility index (Phi) is 9.86. The minimum atomic E-state index is 0.143. The Hall–Kier alpha value is -6.98. The number of hydrogen-bond donors (Lipinski definition) is 0. The fourth-order valence-electron chi connectivity index (χ4n) is 10.3. The highest BCUT2D eigenvalue weighted by Gasteiger charge is 2.49. The fourth-order valence-corrected chi connectivity index (χ4v) is 10.3. The van der Waals surface area contributed by atoms with Gasteiger partial charge in [0, 0.05) is 35.1 Å². The van der Waals surface area contributed by atoms with Gasteiger partial charge in [-0.3, -0.25) is 5.01 Å². The van der Waals surface area contributed by atoms with E-state index in [1.54, 1.807) is 0 Å². The Bertz CT molecular complexity index is 2800. The molecule has 0 N–H and O–H groups in total. The molecule has 0 amide bonds. The zero-order valence-corrected chi connectivity index (χ0v) is 34.1. The molecule has 5 aliphatic rings. The van der Waals surface area contributed by atoms with Crippen LogP contribution in [0.2, 0.25) is 0 Å². The van der Waals surface area contributed by atoms with Crippen molar-refractivity contribution in [2.45, 2.75) is 44.1 Å². The molecule has 0 bridgehead atoms. The van der Waals surface area contributed by atoms with Crippen molar-refractivity contribution in [1.82, 2.24) is 20.0 Å².